The molecular formula is C17H25FN2O. The molecule has 2 rings (SSSR count). The maximum atomic E-state index is 13.1. The fraction of sp³-hybridized carbons (Fsp3) is 0.588. The van der Waals surface area contributed by atoms with E-state index in [1.165, 1.54) is 6.07 Å². The van der Waals surface area contributed by atoms with Gasteiger partial charge in [0.25, 0.3) is 0 Å². The number of carbonyl (C=O) groups excluding carboxylic acids is 1. The first kappa shape index (κ1) is 16.0. The van der Waals surface area contributed by atoms with Crippen LogP contribution >= 0.6 is 0 Å². The molecule has 0 radical (unpaired) electrons. The standard InChI is InChI=1S/C17H25FN2O/c1-13(6-7-14-4-3-5-15(18)12-14)17(21)20-10-8-16(19-2)9-11-20/h3-5,12-13,16,19H,6-11H2,1-2H3. The molecule has 1 aromatic rings. The van der Waals surface area contributed by atoms with Gasteiger partial charge in [-0.3, -0.25) is 4.79 Å². The van der Waals surface area contributed by atoms with Crippen LogP contribution in [0, 0.1) is 11.7 Å². The van der Waals surface area contributed by atoms with E-state index in [1.54, 1.807) is 12.1 Å². The molecule has 0 saturated carbocycles. The number of rotatable bonds is 5. The largest absolute Gasteiger partial charge is 0.342 e. The molecule has 1 aliphatic heterocycles. The van der Waals surface area contributed by atoms with Crippen LogP contribution in [0.3, 0.4) is 0 Å². The summed E-state index contributed by atoms with van der Waals surface area (Å²) in [7, 11) is 1.98. The molecule has 1 aliphatic rings. The predicted octanol–water partition coefficient (Wildman–Crippen LogP) is 2.60. The zero-order valence-electron chi connectivity index (χ0n) is 12.9. The van der Waals surface area contributed by atoms with Crippen molar-refractivity contribution in [3.63, 3.8) is 0 Å². The van der Waals surface area contributed by atoms with Crippen molar-refractivity contribution in [3.8, 4) is 0 Å². The maximum absolute atomic E-state index is 13.1. The number of hydrogen-bond acceptors (Lipinski definition) is 2. The molecule has 21 heavy (non-hydrogen) atoms. The van der Waals surface area contributed by atoms with E-state index in [1.807, 2.05) is 24.9 Å². The smallest absolute Gasteiger partial charge is 0.225 e. The highest BCUT2D eigenvalue weighted by Gasteiger charge is 2.25. The fourth-order valence-electron chi connectivity index (χ4n) is 2.90. The van der Waals surface area contributed by atoms with Crippen molar-refractivity contribution in [1.82, 2.24) is 10.2 Å². The zero-order chi connectivity index (χ0) is 15.2. The molecule has 1 saturated heterocycles. The lowest BCUT2D eigenvalue weighted by molar-refractivity contribution is -0.136. The van der Waals surface area contributed by atoms with Crippen LogP contribution in [0.1, 0.15) is 31.7 Å². The monoisotopic (exact) mass is 292 g/mol. The van der Waals surface area contributed by atoms with E-state index >= 15 is 0 Å². The Balaban J connectivity index is 1.80. The SMILES string of the molecule is CNC1CCN(C(=O)C(C)CCc2cccc(F)c2)CC1. The van der Waals surface area contributed by atoms with E-state index in [2.05, 4.69) is 5.32 Å². The molecule has 1 fully saturated rings. The number of benzene rings is 1. The lowest BCUT2D eigenvalue weighted by atomic mass is 9.98. The van der Waals surface area contributed by atoms with Gasteiger partial charge in [-0.15, -0.1) is 0 Å². The Morgan fingerprint density at radius 2 is 2.14 bits per heavy atom. The van der Waals surface area contributed by atoms with Crippen molar-refractivity contribution in [2.24, 2.45) is 5.92 Å². The molecule has 1 amide bonds. The molecule has 0 spiro atoms. The highest BCUT2D eigenvalue weighted by Crippen LogP contribution is 2.17. The van der Waals surface area contributed by atoms with Gasteiger partial charge in [-0.1, -0.05) is 19.1 Å². The molecular weight excluding hydrogens is 267 g/mol. The van der Waals surface area contributed by atoms with Crippen molar-refractivity contribution in [1.29, 1.82) is 0 Å². The third-order valence-corrected chi connectivity index (χ3v) is 4.39. The molecule has 0 bridgehead atoms. The van der Waals surface area contributed by atoms with E-state index < -0.39 is 0 Å². The Morgan fingerprint density at radius 3 is 2.76 bits per heavy atom. The predicted molar refractivity (Wildman–Crippen MR) is 82.5 cm³/mol. The van der Waals surface area contributed by atoms with Crippen molar-refractivity contribution < 1.29 is 9.18 Å². The molecule has 116 valence electrons. The number of amides is 1. The minimum absolute atomic E-state index is 0.000553. The van der Waals surface area contributed by atoms with E-state index in [-0.39, 0.29) is 17.6 Å². The van der Waals surface area contributed by atoms with Crippen molar-refractivity contribution in [2.45, 2.75) is 38.6 Å². The molecule has 1 aromatic carbocycles. The lowest BCUT2D eigenvalue weighted by Crippen LogP contribution is -2.45. The molecule has 1 atom stereocenters. The second-order valence-electron chi connectivity index (χ2n) is 5.96. The summed E-state index contributed by atoms with van der Waals surface area (Å²) in [6.45, 7) is 3.66. The van der Waals surface area contributed by atoms with Crippen LogP contribution < -0.4 is 5.32 Å². The first-order valence-corrected chi connectivity index (χ1v) is 7.80. The minimum atomic E-state index is -0.208. The van der Waals surface area contributed by atoms with Crippen LogP contribution in [0.4, 0.5) is 4.39 Å². The summed E-state index contributed by atoms with van der Waals surface area (Å²) in [6.07, 6.45) is 3.57. The Kier molecular flexibility index (Phi) is 5.74. The fourth-order valence-corrected chi connectivity index (χ4v) is 2.90. The maximum Gasteiger partial charge on any atom is 0.225 e. The Hall–Kier alpha value is -1.42. The van der Waals surface area contributed by atoms with Gasteiger partial charge in [0.15, 0.2) is 0 Å². The highest BCUT2D eigenvalue weighted by molar-refractivity contribution is 5.78. The molecule has 3 nitrogen and oxygen atoms in total. The third kappa shape index (κ3) is 4.53. The molecule has 1 heterocycles. The van der Waals surface area contributed by atoms with Crippen molar-refractivity contribution in [3.05, 3.63) is 35.6 Å². The van der Waals surface area contributed by atoms with Gasteiger partial charge in [-0.25, -0.2) is 4.39 Å². The Bertz CT molecular complexity index is 470. The number of carbonyl (C=O) groups is 1. The first-order valence-electron chi connectivity index (χ1n) is 7.80. The summed E-state index contributed by atoms with van der Waals surface area (Å²) in [5.41, 5.74) is 0.962. The number of aryl methyl sites for hydroxylation is 1. The van der Waals surface area contributed by atoms with E-state index in [9.17, 15) is 9.18 Å². The molecule has 1 unspecified atom stereocenters. The molecule has 0 aliphatic carbocycles. The molecule has 1 N–H and O–H groups in total. The van der Waals surface area contributed by atoms with Gasteiger partial charge < -0.3 is 10.2 Å². The van der Waals surface area contributed by atoms with E-state index in [4.69, 9.17) is 0 Å². The average Bonchev–Trinajstić information content (AvgIpc) is 2.52. The summed E-state index contributed by atoms with van der Waals surface area (Å²) in [5.74, 6) is 0.0287. The van der Waals surface area contributed by atoms with Crippen LogP contribution in [0.15, 0.2) is 24.3 Å². The first-order chi connectivity index (χ1) is 10.1. The van der Waals surface area contributed by atoms with E-state index in [0.29, 0.717) is 6.04 Å². The van der Waals surface area contributed by atoms with Gasteiger partial charge in [0.2, 0.25) is 5.91 Å². The second-order valence-corrected chi connectivity index (χ2v) is 5.96. The summed E-state index contributed by atoms with van der Waals surface area (Å²) >= 11 is 0. The van der Waals surface area contributed by atoms with Gasteiger partial charge >= 0.3 is 0 Å². The van der Waals surface area contributed by atoms with Crippen molar-refractivity contribution >= 4 is 5.91 Å². The van der Waals surface area contributed by atoms with Crippen LogP contribution in [-0.2, 0) is 11.2 Å². The number of hydrogen-bond donors (Lipinski definition) is 1. The van der Waals surface area contributed by atoms with Crippen LogP contribution in [0.25, 0.3) is 0 Å². The lowest BCUT2D eigenvalue weighted by Gasteiger charge is -2.33. The van der Waals surface area contributed by atoms with Gasteiger partial charge in [0.1, 0.15) is 5.82 Å². The quantitative estimate of drug-likeness (QED) is 0.905. The summed E-state index contributed by atoms with van der Waals surface area (Å²) in [6, 6.07) is 7.18. The van der Waals surface area contributed by atoms with Crippen molar-refractivity contribution in [2.75, 3.05) is 20.1 Å². The number of likely N-dealkylation sites (tertiary alicyclic amines) is 1. The minimum Gasteiger partial charge on any atom is -0.342 e. The number of nitrogens with one attached hydrogen (secondary N) is 1. The number of piperidine rings is 1. The molecule has 4 heteroatoms. The summed E-state index contributed by atoms with van der Waals surface area (Å²) < 4.78 is 13.1. The normalized spacial score (nSPS) is 17.8. The summed E-state index contributed by atoms with van der Waals surface area (Å²) in [5, 5.41) is 3.27. The van der Waals surface area contributed by atoms with Crippen LogP contribution in [0.2, 0.25) is 0 Å². The highest BCUT2D eigenvalue weighted by atomic mass is 19.1. The number of nitrogens with zero attached hydrogens (tertiary/aromatic N) is 1. The Morgan fingerprint density at radius 1 is 1.43 bits per heavy atom. The number of halogens is 1. The van der Waals surface area contributed by atoms with Crippen LogP contribution in [0.5, 0.6) is 0 Å². The van der Waals surface area contributed by atoms with E-state index in [0.717, 1.165) is 44.3 Å². The van der Waals surface area contributed by atoms with Gasteiger partial charge in [0, 0.05) is 25.0 Å². The van der Waals surface area contributed by atoms with Gasteiger partial charge in [-0.05, 0) is 50.4 Å². The van der Waals surface area contributed by atoms with Gasteiger partial charge in [-0.2, -0.15) is 0 Å². The average molecular weight is 292 g/mol. The zero-order valence-corrected chi connectivity index (χ0v) is 12.9. The second kappa shape index (κ2) is 7.55. The van der Waals surface area contributed by atoms with Gasteiger partial charge in [0.05, 0.1) is 0 Å². The Labute approximate surface area is 126 Å². The van der Waals surface area contributed by atoms with Crippen LogP contribution in [-0.4, -0.2) is 37.0 Å². The summed E-state index contributed by atoms with van der Waals surface area (Å²) in [4.78, 5) is 14.4. The topological polar surface area (TPSA) is 32.3 Å². The molecule has 0 aromatic heterocycles. The third-order valence-electron chi connectivity index (χ3n) is 4.39.